The van der Waals surface area contributed by atoms with Crippen molar-refractivity contribution in [1.82, 2.24) is 5.32 Å². The number of hydrogen-bond donors (Lipinski definition) is 1. The van der Waals surface area contributed by atoms with Gasteiger partial charge in [0.2, 0.25) is 0 Å². The first kappa shape index (κ1) is 17.0. The van der Waals surface area contributed by atoms with E-state index in [1.54, 1.807) is 6.07 Å². The van der Waals surface area contributed by atoms with E-state index < -0.39 is 17.4 Å². The molecule has 0 atom stereocenters. The fourth-order valence-corrected chi connectivity index (χ4v) is 2.89. The Morgan fingerprint density at radius 3 is 2.61 bits per heavy atom. The number of carbonyl (C=O) groups is 2. The molecule has 1 amide bonds. The van der Waals surface area contributed by atoms with Crippen LogP contribution in [0.3, 0.4) is 0 Å². The molecule has 122 valence electrons. The molecule has 0 unspecified atom stereocenters. The molecular formula is C18H22N2O3. The molecule has 0 spiro atoms. The molecule has 2 rings (SSSR count). The van der Waals surface area contributed by atoms with Crippen molar-refractivity contribution < 1.29 is 14.3 Å². The maximum absolute atomic E-state index is 12.1. The second-order valence-electron chi connectivity index (χ2n) is 6.20. The van der Waals surface area contributed by atoms with Crippen LogP contribution in [0.25, 0.3) is 0 Å². The van der Waals surface area contributed by atoms with Gasteiger partial charge in [-0.3, -0.25) is 4.79 Å². The third kappa shape index (κ3) is 4.32. The Kier molecular flexibility index (Phi) is 5.38. The molecular weight excluding hydrogens is 292 g/mol. The Morgan fingerprint density at radius 2 is 1.96 bits per heavy atom. The van der Waals surface area contributed by atoms with E-state index in [4.69, 9.17) is 4.74 Å². The number of aryl methyl sites for hydroxylation is 2. The number of nitrogens with zero attached hydrogens (tertiary/aromatic N) is 1. The van der Waals surface area contributed by atoms with Gasteiger partial charge in [-0.05, 0) is 38.3 Å². The van der Waals surface area contributed by atoms with Crippen molar-refractivity contribution in [3.63, 3.8) is 0 Å². The molecule has 0 saturated heterocycles. The lowest BCUT2D eigenvalue weighted by Crippen LogP contribution is -2.50. The third-order valence-electron chi connectivity index (χ3n) is 4.25. The Morgan fingerprint density at radius 1 is 1.26 bits per heavy atom. The molecule has 1 saturated carbocycles. The van der Waals surface area contributed by atoms with Crippen LogP contribution >= 0.6 is 0 Å². The number of nitrogens with one attached hydrogen (secondary N) is 1. The van der Waals surface area contributed by atoms with E-state index in [0.29, 0.717) is 18.4 Å². The van der Waals surface area contributed by atoms with Gasteiger partial charge in [0.05, 0.1) is 11.6 Å². The van der Waals surface area contributed by atoms with E-state index in [1.807, 2.05) is 26.0 Å². The summed E-state index contributed by atoms with van der Waals surface area (Å²) in [5.41, 5.74) is 1.42. The maximum atomic E-state index is 12.1. The second-order valence-corrected chi connectivity index (χ2v) is 6.20. The van der Waals surface area contributed by atoms with Gasteiger partial charge in [-0.1, -0.05) is 37.0 Å². The highest BCUT2D eigenvalue weighted by Crippen LogP contribution is 2.27. The lowest BCUT2D eigenvalue weighted by molar-refractivity contribution is -0.125. The molecule has 1 aliphatic carbocycles. The standard InChI is InChI=1S/C18H22N2O3/c1-13-6-7-14(2)15(10-13)17(22)23-11-16(21)20-18(12-19)8-4-3-5-9-18/h6-7,10H,3-5,8-9,11H2,1-2H3,(H,20,21). The topological polar surface area (TPSA) is 79.2 Å². The predicted octanol–water partition coefficient (Wildman–Crippen LogP) is 2.80. The maximum Gasteiger partial charge on any atom is 0.338 e. The first-order chi connectivity index (χ1) is 11.0. The first-order valence-corrected chi connectivity index (χ1v) is 7.92. The molecule has 0 bridgehead atoms. The molecule has 1 aromatic carbocycles. The van der Waals surface area contributed by atoms with Crippen molar-refractivity contribution in [1.29, 1.82) is 5.26 Å². The number of hydrogen-bond acceptors (Lipinski definition) is 4. The average molecular weight is 314 g/mol. The number of ether oxygens (including phenoxy) is 1. The zero-order valence-corrected chi connectivity index (χ0v) is 13.6. The van der Waals surface area contributed by atoms with E-state index >= 15 is 0 Å². The van der Waals surface area contributed by atoms with Gasteiger partial charge in [0.1, 0.15) is 5.54 Å². The summed E-state index contributed by atoms with van der Waals surface area (Å²) in [5.74, 6) is -0.942. The lowest BCUT2D eigenvalue weighted by atomic mass is 9.83. The first-order valence-electron chi connectivity index (χ1n) is 7.92. The number of amides is 1. The van der Waals surface area contributed by atoms with Crippen LogP contribution < -0.4 is 5.32 Å². The summed E-state index contributed by atoms with van der Waals surface area (Å²) in [7, 11) is 0. The van der Waals surface area contributed by atoms with Crippen LogP contribution in [0.15, 0.2) is 18.2 Å². The minimum Gasteiger partial charge on any atom is -0.452 e. The lowest BCUT2D eigenvalue weighted by Gasteiger charge is -2.31. The van der Waals surface area contributed by atoms with Crippen molar-refractivity contribution in [2.45, 2.75) is 51.5 Å². The van der Waals surface area contributed by atoms with Crippen LogP contribution in [0.4, 0.5) is 0 Å². The number of esters is 1. The minimum atomic E-state index is -0.805. The van der Waals surface area contributed by atoms with Crippen LogP contribution in [0.5, 0.6) is 0 Å². The summed E-state index contributed by atoms with van der Waals surface area (Å²) < 4.78 is 5.10. The summed E-state index contributed by atoms with van der Waals surface area (Å²) >= 11 is 0. The van der Waals surface area contributed by atoms with Crippen molar-refractivity contribution in [3.8, 4) is 6.07 Å². The molecule has 5 nitrogen and oxygen atoms in total. The van der Waals surface area contributed by atoms with E-state index in [0.717, 1.165) is 30.4 Å². The summed E-state index contributed by atoms with van der Waals surface area (Å²) in [6.07, 6.45) is 4.24. The number of nitriles is 1. The molecule has 23 heavy (non-hydrogen) atoms. The summed E-state index contributed by atoms with van der Waals surface area (Å²) in [6, 6.07) is 7.72. The predicted molar refractivity (Wildman–Crippen MR) is 85.8 cm³/mol. The largest absolute Gasteiger partial charge is 0.452 e. The average Bonchev–Trinajstić information content (AvgIpc) is 2.55. The van der Waals surface area contributed by atoms with Crippen molar-refractivity contribution in [3.05, 3.63) is 34.9 Å². The van der Waals surface area contributed by atoms with Crippen molar-refractivity contribution in [2.75, 3.05) is 6.61 Å². The van der Waals surface area contributed by atoms with Crippen LogP contribution in [0.2, 0.25) is 0 Å². The molecule has 5 heteroatoms. The molecule has 0 radical (unpaired) electrons. The van der Waals surface area contributed by atoms with Gasteiger partial charge in [-0.15, -0.1) is 0 Å². The fraction of sp³-hybridized carbons (Fsp3) is 0.500. The summed E-state index contributed by atoms with van der Waals surface area (Å²) in [5, 5.41) is 12.1. The van der Waals surface area contributed by atoms with E-state index in [2.05, 4.69) is 11.4 Å². The van der Waals surface area contributed by atoms with Gasteiger partial charge < -0.3 is 10.1 Å². The van der Waals surface area contributed by atoms with Gasteiger partial charge in [-0.25, -0.2) is 4.79 Å². The molecule has 0 heterocycles. The smallest absolute Gasteiger partial charge is 0.338 e. The van der Waals surface area contributed by atoms with Crippen LogP contribution in [-0.4, -0.2) is 24.0 Å². The van der Waals surface area contributed by atoms with Gasteiger partial charge in [0.25, 0.3) is 5.91 Å². The van der Waals surface area contributed by atoms with E-state index in [1.165, 1.54) is 0 Å². The Balaban J connectivity index is 1.92. The molecule has 1 fully saturated rings. The Hall–Kier alpha value is -2.35. The van der Waals surface area contributed by atoms with Crippen LogP contribution in [-0.2, 0) is 9.53 Å². The minimum absolute atomic E-state index is 0.365. The summed E-state index contributed by atoms with van der Waals surface area (Å²) in [6.45, 7) is 3.35. The quantitative estimate of drug-likeness (QED) is 0.867. The van der Waals surface area contributed by atoms with Crippen molar-refractivity contribution in [2.24, 2.45) is 0 Å². The van der Waals surface area contributed by atoms with Gasteiger partial charge in [0, 0.05) is 0 Å². The monoisotopic (exact) mass is 314 g/mol. The molecule has 1 N–H and O–H groups in total. The zero-order chi connectivity index (χ0) is 16.9. The zero-order valence-electron chi connectivity index (χ0n) is 13.6. The molecule has 1 aromatic rings. The molecule has 0 aromatic heterocycles. The van der Waals surface area contributed by atoms with Gasteiger partial charge >= 0.3 is 5.97 Å². The van der Waals surface area contributed by atoms with Crippen molar-refractivity contribution >= 4 is 11.9 Å². The number of rotatable bonds is 4. The van der Waals surface area contributed by atoms with Crippen LogP contribution in [0.1, 0.15) is 53.6 Å². The highest BCUT2D eigenvalue weighted by Gasteiger charge is 2.33. The van der Waals surface area contributed by atoms with E-state index in [9.17, 15) is 14.9 Å². The number of carbonyl (C=O) groups excluding carboxylic acids is 2. The Bertz CT molecular complexity index is 640. The fourth-order valence-electron chi connectivity index (χ4n) is 2.89. The molecule has 0 aliphatic heterocycles. The highest BCUT2D eigenvalue weighted by atomic mass is 16.5. The van der Waals surface area contributed by atoms with Gasteiger partial charge in [0.15, 0.2) is 6.61 Å². The van der Waals surface area contributed by atoms with Crippen LogP contribution in [0, 0.1) is 25.2 Å². The highest BCUT2D eigenvalue weighted by molar-refractivity contribution is 5.93. The SMILES string of the molecule is Cc1ccc(C)c(C(=O)OCC(=O)NC2(C#N)CCCCC2)c1. The van der Waals surface area contributed by atoms with E-state index in [-0.39, 0.29) is 6.61 Å². The summed E-state index contributed by atoms with van der Waals surface area (Å²) in [4.78, 5) is 24.1. The molecule has 1 aliphatic rings. The number of benzene rings is 1. The second kappa shape index (κ2) is 7.28. The Labute approximate surface area is 136 Å². The van der Waals surface area contributed by atoms with Gasteiger partial charge in [-0.2, -0.15) is 5.26 Å². The third-order valence-corrected chi connectivity index (χ3v) is 4.25. The normalized spacial score (nSPS) is 16.2.